The van der Waals surface area contributed by atoms with Gasteiger partial charge in [0.1, 0.15) is 0 Å². The maximum atomic E-state index is 8.55. The molecule has 0 aromatic rings. The molecule has 86 valence electrons. The van der Waals surface area contributed by atoms with Crippen molar-refractivity contribution in [2.75, 3.05) is 6.61 Å². The molecule has 0 bridgehead atoms. The first-order valence-electron chi connectivity index (χ1n) is 6.01. The van der Waals surface area contributed by atoms with E-state index < -0.39 is 0 Å². The Bertz CT molecular complexity index is 190. The highest BCUT2D eigenvalue weighted by Crippen LogP contribution is 1.99. The average Bonchev–Trinajstić information content (AvgIpc) is 2.26. The van der Waals surface area contributed by atoms with Crippen LogP contribution in [-0.4, -0.2) is 11.7 Å². The molecular weight excluding hydrogens is 184 g/mol. The molecule has 0 rings (SSSR count). The maximum absolute atomic E-state index is 8.55. The summed E-state index contributed by atoms with van der Waals surface area (Å²) in [6.07, 6.45) is 19.4. The molecule has 15 heavy (non-hydrogen) atoms. The Morgan fingerprint density at radius 3 is 1.93 bits per heavy atom. The molecule has 0 unspecified atom stereocenters. The zero-order valence-corrected chi connectivity index (χ0v) is 9.86. The van der Waals surface area contributed by atoms with Crippen molar-refractivity contribution in [3.63, 3.8) is 0 Å². The van der Waals surface area contributed by atoms with Crippen LogP contribution in [0.3, 0.4) is 0 Å². The van der Waals surface area contributed by atoms with Gasteiger partial charge in [0.2, 0.25) is 0 Å². The molecule has 0 fully saturated rings. The molecule has 1 N–H and O–H groups in total. The topological polar surface area (TPSA) is 20.2 Å². The van der Waals surface area contributed by atoms with E-state index in [1.807, 2.05) is 12.2 Å². The summed E-state index contributed by atoms with van der Waals surface area (Å²) in [6, 6.07) is 0. The lowest BCUT2D eigenvalue weighted by atomic mass is 10.2. The molecule has 0 spiro atoms. The first-order valence-corrected chi connectivity index (χ1v) is 6.01. The fourth-order valence-electron chi connectivity index (χ4n) is 1.20. The summed E-state index contributed by atoms with van der Waals surface area (Å²) in [7, 11) is 0. The Balaban J connectivity index is 3.32. The lowest BCUT2D eigenvalue weighted by Gasteiger charge is -1.89. The van der Waals surface area contributed by atoms with Crippen LogP contribution in [0, 0.1) is 0 Å². The Morgan fingerprint density at radius 1 is 0.800 bits per heavy atom. The second kappa shape index (κ2) is 13.2. The molecule has 0 aliphatic rings. The van der Waals surface area contributed by atoms with Crippen LogP contribution in [-0.2, 0) is 0 Å². The summed E-state index contributed by atoms with van der Waals surface area (Å²) in [5.74, 6) is 0. The molecular formula is C14H24O. The summed E-state index contributed by atoms with van der Waals surface area (Å²) < 4.78 is 0. The molecule has 0 heterocycles. The predicted octanol–water partition coefficient (Wildman–Crippen LogP) is 4.01. The highest BCUT2D eigenvalue weighted by Gasteiger charge is 1.79. The standard InChI is InChI=1S/C14H24O/c1-2-3-4-5-6-7-8-9-10-11-12-13-14-15/h6-11,15H,2-5,12-14H2,1H3/b7-6-,9-8+,11-10-. The van der Waals surface area contributed by atoms with E-state index in [-0.39, 0.29) is 6.61 Å². The van der Waals surface area contributed by atoms with E-state index >= 15 is 0 Å². The van der Waals surface area contributed by atoms with Crippen molar-refractivity contribution in [2.24, 2.45) is 0 Å². The van der Waals surface area contributed by atoms with Crippen molar-refractivity contribution in [1.29, 1.82) is 0 Å². The largest absolute Gasteiger partial charge is 0.396 e. The molecule has 0 aliphatic heterocycles. The molecule has 0 atom stereocenters. The van der Waals surface area contributed by atoms with E-state index in [0.29, 0.717) is 0 Å². The SMILES string of the molecule is CCCCC\C=C/C=C/C=C\CCCO. The Hall–Kier alpha value is -0.820. The van der Waals surface area contributed by atoms with Crippen LogP contribution in [0.2, 0.25) is 0 Å². The number of aliphatic hydroxyl groups is 1. The molecule has 1 heteroatoms. The van der Waals surface area contributed by atoms with Crippen molar-refractivity contribution in [1.82, 2.24) is 0 Å². The summed E-state index contributed by atoms with van der Waals surface area (Å²) in [4.78, 5) is 0. The number of allylic oxidation sites excluding steroid dienone is 6. The maximum Gasteiger partial charge on any atom is 0.0433 e. The highest BCUT2D eigenvalue weighted by atomic mass is 16.2. The van der Waals surface area contributed by atoms with Gasteiger partial charge in [-0.3, -0.25) is 0 Å². The average molecular weight is 208 g/mol. The van der Waals surface area contributed by atoms with Crippen LogP contribution < -0.4 is 0 Å². The van der Waals surface area contributed by atoms with Crippen LogP contribution in [0.5, 0.6) is 0 Å². The number of hydrogen-bond donors (Lipinski definition) is 1. The Morgan fingerprint density at radius 2 is 1.40 bits per heavy atom. The van der Waals surface area contributed by atoms with Gasteiger partial charge in [-0.2, -0.15) is 0 Å². The van der Waals surface area contributed by atoms with Gasteiger partial charge in [-0.05, 0) is 25.7 Å². The van der Waals surface area contributed by atoms with E-state index in [4.69, 9.17) is 5.11 Å². The second-order valence-corrected chi connectivity index (χ2v) is 3.60. The number of rotatable bonds is 9. The van der Waals surface area contributed by atoms with Gasteiger partial charge in [0.25, 0.3) is 0 Å². The molecule has 0 radical (unpaired) electrons. The number of aliphatic hydroxyl groups excluding tert-OH is 1. The predicted molar refractivity (Wildman–Crippen MR) is 67.9 cm³/mol. The van der Waals surface area contributed by atoms with Crippen molar-refractivity contribution in [3.8, 4) is 0 Å². The summed E-state index contributed by atoms with van der Waals surface area (Å²) in [6.45, 7) is 2.51. The van der Waals surface area contributed by atoms with E-state index in [2.05, 4.69) is 31.2 Å². The third-order valence-electron chi connectivity index (χ3n) is 2.11. The quantitative estimate of drug-likeness (QED) is 0.448. The molecule has 0 amide bonds. The summed E-state index contributed by atoms with van der Waals surface area (Å²) in [5, 5.41) is 8.55. The van der Waals surface area contributed by atoms with Crippen molar-refractivity contribution in [2.45, 2.75) is 45.4 Å². The third-order valence-corrected chi connectivity index (χ3v) is 2.11. The fraction of sp³-hybridized carbons (Fsp3) is 0.571. The molecule has 0 aromatic carbocycles. The van der Waals surface area contributed by atoms with Gasteiger partial charge in [-0.1, -0.05) is 56.2 Å². The first kappa shape index (κ1) is 14.2. The highest BCUT2D eigenvalue weighted by molar-refractivity contribution is 5.10. The van der Waals surface area contributed by atoms with Crippen molar-refractivity contribution >= 4 is 0 Å². The number of unbranched alkanes of at least 4 members (excludes halogenated alkanes) is 4. The Labute approximate surface area is 94.2 Å². The van der Waals surface area contributed by atoms with E-state index in [9.17, 15) is 0 Å². The second-order valence-electron chi connectivity index (χ2n) is 3.60. The monoisotopic (exact) mass is 208 g/mol. The summed E-state index contributed by atoms with van der Waals surface area (Å²) >= 11 is 0. The van der Waals surface area contributed by atoms with E-state index in [1.54, 1.807) is 0 Å². The molecule has 0 aliphatic carbocycles. The summed E-state index contributed by atoms with van der Waals surface area (Å²) in [5.41, 5.74) is 0. The third kappa shape index (κ3) is 13.2. The van der Waals surface area contributed by atoms with Crippen molar-refractivity contribution < 1.29 is 5.11 Å². The minimum Gasteiger partial charge on any atom is -0.396 e. The van der Waals surface area contributed by atoms with Crippen LogP contribution in [0.4, 0.5) is 0 Å². The van der Waals surface area contributed by atoms with Gasteiger partial charge in [0.05, 0.1) is 0 Å². The van der Waals surface area contributed by atoms with Gasteiger partial charge in [-0.25, -0.2) is 0 Å². The van der Waals surface area contributed by atoms with Crippen LogP contribution in [0.15, 0.2) is 36.5 Å². The molecule has 0 saturated carbocycles. The van der Waals surface area contributed by atoms with Crippen LogP contribution >= 0.6 is 0 Å². The zero-order chi connectivity index (χ0) is 11.2. The molecule has 0 saturated heterocycles. The number of hydrogen-bond acceptors (Lipinski definition) is 1. The van der Waals surface area contributed by atoms with E-state index in [0.717, 1.165) is 12.8 Å². The first-order chi connectivity index (χ1) is 7.41. The minimum atomic E-state index is 0.283. The van der Waals surface area contributed by atoms with Crippen LogP contribution in [0.1, 0.15) is 45.4 Å². The molecule has 0 aromatic heterocycles. The normalized spacial score (nSPS) is 12.4. The van der Waals surface area contributed by atoms with E-state index in [1.165, 1.54) is 25.7 Å². The van der Waals surface area contributed by atoms with Gasteiger partial charge in [0.15, 0.2) is 0 Å². The van der Waals surface area contributed by atoms with Gasteiger partial charge in [0, 0.05) is 6.61 Å². The lowest BCUT2D eigenvalue weighted by Crippen LogP contribution is -1.77. The van der Waals surface area contributed by atoms with Gasteiger partial charge >= 0.3 is 0 Å². The lowest BCUT2D eigenvalue weighted by molar-refractivity contribution is 0.289. The van der Waals surface area contributed by atoms with Gasteiger partial charge in [-0.15, -0.1) is 0 Å². The van der Waals surface area contributed by atoms with Crippen LogP contribution in [0.25, 0.3) is 0 Å². The zero-order valence-electron chi connectivity index (χ0n) is 9.86. The molecule has 1 nitrogen and oxygen atoms in total. The van der Waals surface area contributed by atoms with Gasteiger partial charge < -0.3 is 5.11 Å². The Kier molecular flexibility index (Phi) is 12.5. The van der Waals surface area contributed by atoms with Crippen molar-refractivity contribution in [3.05, 3.63) is 36.5 Å². The minimum absolute atomic E-state index is 0.283. The fourth-order valence-corrected chi connectivity index (χ4v) is 1.20. The smallest absolute Gasteiger partial charge is 0.0433 e.